The number of hydrogen-bond donors (Lipinski definition) is 4. The molecule has 5 N–H and O–H groups in total. The van der Waals surface area contributed by atoms with Crippen LogP contribution in [-0.4, -0.2) is 34.1 Å². The number of nitrogens with one attached hydrogen (secondary N) is 2. The first-order valence-corrected chi connectivity index (χ1v) is 10.1. The summed E-state index contributed by atoms with van der Waals surface area (Å²) in [5.41, 5.74) is 3.10. The number of aryl methyl sites for hydroxylation is 1. The number of anilines is 2. The highest BCUT2D eigenvalue weighted by molar-refractivity contribution is 6.03. The molecule has 1 aromatic heterocycles. The molecule has 2 unspecified atom stereocenters. The van der Waals surface area contributed by atoms with Crippen molar-refractivity contribution in [3.05, 3.63) is 53.2 Å². The highest BCUT2D eigenvalue weighted by Crippen LogP contribution is 2.40. The highest BCUT2D eigenvalue weighted by Gasteiger charge is 2.48. The van der Waals surface area contributed by atoms with Crippen LogP contribution in [0.3, 0.4) is 0 Å². The predicted molar refractivity (Wildman–Crippen MR) is 117 cm³/mol. The zero-order chi connectivity index (χ0) is 22.4. The first kappa shape index (κ1) is 21.9. The maximum atomic E-state index is 12.7. The predicted octanol–water partition coefficient (Wildman–Crippen LogP) is 2.17. The van der Waals surface area contributed by atoms with Crippen molar-refractivity contribution in [3.8, 4) is 0 Å². The number of pyridine rings is 1. The van der Waals surface area contributed by atoms with Crippen molar-refractivity contribution in [1.82, 2.24) is 4.98 Å². The van der Waals surface area contributed by atoms with Crippen molar-refractivity contribution in [1.29, 1.82) is 0 Å². The van der Waals surface area contributed by atoms with Gasteiger partial charge < -0.3 is 21.6 Å². The number of rotatable bonds is 9. The molecule has 162 valence electrons. The summed E-state index contributed by atoms with van der Waals surface area (Å²) in [6.45, 7) is 1.96. The average molecular weight is 423 g/mol. The van der Waals surface area contributed by atoms with Gasteiger partial charge in [-0.3, -0.25) is 14.4 Å². The molecular weight excluding hydrogens is 398 g/mol. The van der Waals surface area contributed by atoms with Crippen molar-refractivity contribution in [2.75, 3.05) is 10.6 Å². The Labute approximate surface area is 179 Å². The van der Waals surface area contributed by atoms with Gasteiger partial charge in [0.1, 0.15) is 5.82 Å². The third-order valence-electron chi connectivity index (χ3n) is 5.23. The monoisotopic (exact) mass is 423 g/mol. The van der Waals surface area contributed by atoms with Crippen LogP contribution in [0.25, 0.3) is 0 Å². The molecule has 3 rings (SSSR count). The summed E-state index contributed by atoms with van der Waals surface area (Å²) >= 11 is 0. The highest BCUT2D eigenvalue weighted by atomic mass is 16.4. The number of nitrogens with two attached hydrogens (primary N) is 1. The molecule has 1 aliphatic rings. The van der Waals surface area contributed by atoms with E-state index in [0.717, 1.165) is 16.7 Å². The van der Waals surface area contributed by atoms with Crippen LogP contribution in [-0.2, 0) is 27.2 Å². The maximum Gasteiger partial charge on any atom is 0.303 e. The molecule has 1 aliphatic carbocycles. The van der Waals surface area contributed by atoms with E-state index in [1.165, 1.54) is 6.21 Å². The Morgan fingerprint density at radius 2 is 1.84 bits per heavy atom. The Morgan fingerprint density at radius 1 is 1.16 bits per heavy atom. The lowest BCUT2D eigenvalue weighted by Crippen LogP contribution is -2.22. The smallest absolute Gasteiger partial charge is 0.303 e. The van der Waals surface area contributed by atoms with Gasteiger partial charge in [-0.15, -0.1) is 0 Å². The molecule has 31 heavy (non-hydrogen) atoms. The SMILES string of the molecule is CCc1ccnc(NC(=O)C2CC2C(=O)Nc2ccc(C=NN)cc2)c1CCC(=O)O. The van der Waals surface area contributed by atoms with Gasteiger partial charge in [-0.05, 0) is 54.2 Å². The van der Waals surface area contributed by atoms with Gasteiger partial charge in [0.05, 0.1) is 18.1 Å². The molecule has 1 fully saturated rings. The zero-order valence-corrected chi connectivity index (χ0v) is 17.2. The number of nitrogens with zero attached hydrogens (tertiary/aromatic N) is 2. The number of carboxylic acid groups (broad SMARTS) is 1. The number of hydrogen-bond acceptors (Lipinski definition) is 6. The van der Waals surface area contributed by atoms with E-state index in [4.69, 9.17) is 10.9 Å². The number of aromatic nitrogens is 1. The molecule has 0 radical (unpaired) electrons. The average Bonchev–Trinajstić information content (AvgIpc) is 3.55. The van der Waals surface area contributed by atoms with Crippen LogP contribution in [0.4, 0.5) is 11.5 Å². The second kappa shape index (κ2) is 9.84. The molecule has 0 spiro atoms. The molecule has 9 heteroatoms. The van der Waals surface area contributed by atoms with Crippen LogP contribution >= 0.6 is 0 Å². The first-order valence-electron chi connectivity index (χ1n) is 10.1. The van der Waals surface area contributed by atoms with E-state index >= 15 is 0 Å². The van der Waals surface area contributed by atoms with Crippen molar-refractivity contribution in [2.45, 2.75) is 32.6 Å². The van der Waals surface area contributed by atoms with Gasteiger partial charge in [0.2, 0.25) is 11.8 Å². The molecule has 0 bridgehead atoms. The summed E-state index contributed by atoms with van der Waals surface area (Å²) < 4.78 is 0. The fraction of sp³-hybridized carbons (Fsp3) is 0.318. The van der Waals surface area contributed by atoms with Crippen LogP contribution in [0.5, 0.6) is 0 Å². The molecule has 2 amide bonds. The lowest BCUT2D eigenvalue weighted by molar-refractivity contribution is -0.137. The molecular formula is C22H25N5O4. The molecule has 1 heterocycles. The normalized spacial score (nSPS) is 17.3. The Morgan fingerprint density at radius 3 is 2.45 bits per heavy atom. The van der Waals surface area contributed by atoms with Gasteiger partial charge >= 0.3 is 5.97 Å². The molecule has 0 saturated heterocycles. The zero-order valence-electron chi connectivity index (χ0n) is 17.2. The number of amides is 2. The van der Waals surface area contributed by atoms with Gasteiger partial charge in [-0.2, -0.15) is 5.10 Å². The Balaban J connectivity index is 1.61. The number of hydrazone groups is 1. The summed E-state index contributed by atoms with van der Waals surface area (Å²) in [6.07, 6.45) is 4.47. The van der Waals surface area contributed by atoms with Crippen LogP contribution in [0.15, 0.2) is 41.6 Å². The fourth-order valence-corrected chi connectivity index (χ4v) is 3.44. The molecule has 2 atom stereocenters. The lowest BCUT2D eigenvalue weighted by atomic mass is 10.0. The van der Waals surface area contributed by atoms with Gasteiger partial charge in [-0.25, -0.2) is 4.98 Å². The third kappa shape index (κ3) is 5.65. The van der Waals surface area contributed by atoms with E-state index in [9.17, 15) is 14.4 Å². The molecule has 2 aromatic rings. The minimum atomic E-state index is -0.912. The minimum Gasteiger partial charge on any atom is -0.481 e. The van der Waals surface area contributed by atoms with E-state index in [0.29, 0.717) is 24.3 Å². The summed E-state index contributed by atoms with van der Waals surface area (Å²) in [5, 5.41) is 18.0. The number of carboxylic acids is 1. The van der Waals surface area contributed by atoms with Crippen LogP contribution in [0.1, 0.15) is 36.5 Å². The number of aliphatic carboxylic acids is 1. The van der Waals surface area contributed by atoms with Crippen molar-refractivity contribution < 1.29 is 19.5 Å². The first-order chi connectivity index (χ1) is 14.9. The van der Waals surface area contributed by atoms with Gasteiger partial charge in [0, 0.05) is 18.3 Å². The largest absolute Gasteiger partial charge is 0.481 e. The Bertz CT molecular complexity index is 1000. The second-order valence-corrected chi connectivity index (χ2v) is 7.37. The topological polar surface area (TPSA) is 147 Å². The Hall–Kier alpha value is -3.75. The molecule has 0 aliphatic heterocycles. The number of carbonyl (C=O) groups excluding carboxylic acids is 2. The summed E-state index contributed by atoms with van der Waals surface area (Å²) in [5.74, 6) is 3.21. The third-order valence-corrected chi connectivity index (χ3v) is 5.23. The molecule has 1 saturated carbocycles. The number of carbonyl (C=O) groups is 3. The van der Waals surface area contributed by atoms with E-state index in [1.54, 1.807) is 30.5 Å². The quantitative estimate of drug-likeness (QED) is 0.276. The van der Waals surface area contributed by atoms with E-state index < -0.39 is 17.8 Å². The Kier molecular flexibility index (Phi) is 6.96. The van der Waals surface area contributed by atoms with Crippen molar-refractivity contribution in [2.24, 2.45) is 22.8 Å². The van der Waals surface area contributed by atoms with E-state index in [-0.39, 0.29) is 24.7 Å². The summed E-state index contributed by atoms with van der Waals surface area (Å²) in [7, 11) is 0. The minimum absolute atomic E-state index is 0.0497. The second-order valence-electron chi connectivity index (χ2n) is 7.37. The summed E-state index contributed by atoms with van der Waals surface area (Å²) in [6, 6.07) is 8.84. The van der Waals surface area contributed by atoms with Crippen LogP contribution in [0, 0.1) is 11.8 Å². The van der Waals surface area contributed by atoms with Crippen LogP contribution in [0.2, 0.25) is 0 Å². The maximum absolute atomic E-state index is 12.7. The summed E-state index contributed by atoms with van der Waals surface area (Å²) in [4.78, 5) is 40.4. The lowest BCUT2D eigenvalue weighted by Gasteiger charge is -2.13. The number of benzene rings is 1. The standard InChI is InChI=1S/C22H25N5O4/c1-2-14-9-10-24-20(16(14)7-8-19(28)29)27-22(31)18-11-17(18)21(30)26-15-5-3-13(4-6-15)12-25-23/h3-6,9-10,12,17-18H,2,7-8,11,23H2,1H3,(H,26,30)(H,28,29)(H,24,27,31). The van der Waals surface area contributed by atoms with Gasteiger partial charge in [0.25, 0.3) is 0 Å². The van der Waals surface area contributed by atoms with Crippen LogP contribution < -0.4 is 16.5 Å². The van der Waals surface area contributed by atoms with E-state index in [2.05, 4.69) is 20.7 Å². The van der Waals surface area contributed by atoms with E-state index in [1.807, 2.05) is 13.0 Å². The molecule has 1 aromatic carbocycles. The fourth-order valence-electron chi connectivity index (χ4n) is 3.44. The van der Waals surface area contributed by atoms with Gasteiger partial charge in [-0.1, -0.05) is 19.1 Å². The van der Waals surface area contributed by atoms with Crippen molar-refractivity contribution in [3.63, 3.8) is 0 Å². The molecule has 9 nitrogen and oxygen atoms in total. The van der Waals surface area contributed by atoms with Gasteiger partial charge in [0.15, 0.2) is 0 Å². The van der Waals surface area contributed by atoms with Crippen molar-refractivity contribution >= 4 is 35.5 Å².